The average molecular weight is 1120 g/mol. The molecule has 4 amide bonds. The van der Waals surface area contributed by atoms with Crippen LogP contribution in [0.3, 0.4) is 0 Å². The molecule has 4 aromatic rings. The number of aryl methyl sites for hydroxylation is 2. The second-order valence-electron chi connectivity index (χ2n) is 20.3. The van der Waals surface area contributed by atoms with E-state index in [4.69, 9.17) is 24.1 Å². The summed E-state index contributed by atoms with van der Waals surface area (Å²) in [7, 11) is 0. The molecule has 30 heteroatoms. The lowest BCUT2D eigenvalue weighted by atomic mass is 9.99. The normalized spacial score (nSPS) is 20.4. The van der Waals surface area contributed by atoms with Gasteiger partial charge in [0, 0.05) is 51.2 Å². The second kappa shape index (κ2) is 23.7. The van der Waals surface area contributed by atoms with E-state index >= 15 is 0 Å². The van der Waals surface area contributed by atoms with Gasteiger partial charge in [0.1, 0.15) is 36.8 Å². The summed E-state index contributed by atoms with van der Waals surface area (Å²) in [4.78, 5) is 76.4. The van der Waals surface area contributed by atoms with E-state index in [1.165, 1.54) is 28.0 Å². The predicted octanol–water partition coefficient (Wildman–Crippen LogP) is 6.00. The number of urea groups is 2. The topological polar surface area (TPSA) is 286 Å². The molecule has 5 aliphatic heterocycles. The van der Waals surface area contributed by atoms with Crippen molar-refractivity contribution in [3.8, 4) is 11.8 Å². The number of hydrogen-bond donors (Lipinski definition) is 4. The lowest BCUT2D eigenvalue weighted by molar-refractivity contribution is -0.169. The minimum atomic E-state index is -4.53. The number of aliphatic hydroxyl groups excluding tert-OH is 2. The first-order chi connectivity index (χ1) is 37.3. The van der Waals surface area contributed by atoms with E-state index in [0.717, 1.165) is 26.7 Å². The molecule has 0 saturated carbocycles. The van der Waals surface area contributed by atoms with Gasteiger partial charge in [0.25, 0.3) is 0 Å². The summed E-state index contributed by atoms with van der Waals surface area (Å²) in [5.74, 6) is -5.92. The predicted molar refractivity (Wildman–Crippen MR) is 268 cm³/mol. The number of fused-ring (bicyclic) bond motifs is 8. The molecule has 0 spiro atoms. The van der Waals surface area contributed by atoms with Gasteiger partial charge in [-0.05, 0) is 65.5 Å². The molecule has 3 saturated heterocycles. The lowest BCUT2D eigenvalue weighted by Crippen LogP contribution is -2.56. The van der Waals surface area contributed by atoms with Crippen LogP contribution >= 0.6 is 0 Å². The molecular formula is C49H60F6N14O10. The molecule has 79 heavy (non-hydrogen) atoms. The number of halogens is 6. The van der Waals surface area contributed by atoms with Crippen LogP contribution in [0.1, 0.15) is 98.8 Å². The number of alkyl halides is 6. The van der Waals surface area contributed by atoms with Crippen molar-refractivity contribution < 1.29 is 74.7 Å². The summed E-state index contributed by atoms with van der Waals surface area (Å²) < 4.78 is 100. The van der Waals surface area contributed by atoms with Gasteiger partial charge in [0.15, 0.2) is 40.7 Å². The van der Waals surface area contributed by atoms with Crippen molar-refractivity contribution in [2.24, 2.45) is 11.8 Å². The van der Waals surface area contributed by atoms with Crippen molar-refractivity contribution >= 4 is 58.3 Å². The summed E-state index contributed by atoms with van der Waals surface area (Å²) in [6.07, 6.45) is -9.03. The van der Waals surface area contributed by atoms with Crippen LogP contribution in [0, 0.1) is 25.7 Å². The van der Waals surface area contributed by atoms with Gasteiger partial charge in [-0.3, -0.25) is 30.0 Å². The molecule has 0 radical (unpaired) electrons. The number of nitrogens with zero attached hydrogens (tertiary/aromatic N) is 12. The minimum absolute atomic E-state index is 0.0707. The maximum atomic E-state index is 13.6. The molecule has 5 aliphatic rings. The molecule has 0 aromatic carbocycles. The number of anilines is 6. The Kier molecular flexibility index (Phi) is 17.4. The zero-order valence-corrected chi connectivity index (χ0v) is 44.0. The third kappa shape index (κ3) is 13.8. The highest BCUT2D eigenvalue weighted by molar-refractivity contribution is 6.06. The fourth-order valence-electron chi connectivity index (χ4n) is 9.53. The number of piperidine rings is 2. The van der Waals surface area contributed by atoms with Gasteiger partial charge >= 0.3 is 24.4 Å². The van der Waals surface area contributed by atoms with E-state index < -0.39 is 79.2 Å². The number of carbonyl (C=O) groups is 4. The van der Waals surface area contributed by atoms with Crippen molar-refractivity contribution in [2.75, 3.05) is 82.8 Å². The quantitative estimate of drug-likeness (QED) is 0.0784. The van der Waals surface area contributed by atoms with Crippen molar-refractivity contribution in [2.45, 2.75) is 122 Å². The fourth-order valence-corrected chi connectivity index (χ4v) is 9.53. The number of carbonyl (C=O) groups excluding carboxylic acids is 4. The first kappa shape index (κ1) is 58.0. The monoisotopic (exact) mass is 1120 g/mol. The van der Waals surface area contributed by atoms with E-state index in [1.54, 1.807) is 19.9 Å². The SMILES string of the molecule is Cc1nc(C(=O)C[C@H](C)C(F)(F)F)nc2c1N1CCC[C@@H](C1)N2C(=O)Nc1ccc(OC[C@@H](O)CO)nn1.Cc1nc(C(=O)C[C@H](C)C(F)(F)F)nc2c1N1CCC[C@@H](C1)N2C(=O)Nc1ccc(OC[C@@H]2COC(C)(C)O2)nn1. The second-order valence-corrected chi connectivity index (χ2v) is 20.3. The van der Waals surface area contributed by atoms with Crippen LogP contribution in [0.25, 0.3) is 0 Å². The molecule has 428 valence electrons. The number of aliphatic hydroxyl groups is 2. The Morgan fingerprint density at radius 2 is 1.18 bits per heavy atom. The van der Waals surface area contributed by atoms with E-state index in [2.05, 4.69) is 51.0 Å². The number of rotatable bonds is 15. The Labute approximate surface area is 448 Å². The number of ketones is 2. The van der Waals surface area contributed by atoms with Crippen LogP contribution in [0.2, 0.25) is 0 Å². The summed E-state index contributed by atoms with van der Waals surface area (Å²) in [5, 5.41) is 39.3. The Balaban J connectivity index is 0.000000209. The summed E-state index contributed by atoms with van der Waals surface area (Å²) in [6.45, 7) is 11.2. The number of nitrogens with one attached hydrogen (secondary N) is 2. The van der Waals surface area contributed by atoms with Crippen LogP contribution < -0.4 is 39.7 Å². The first-order valence-electron chi connectivity index (χ1n) is 25.5. The van der Waals surface area contributed by atoms with Crippen LogP contribution in [0.4, 0.5) is 70.6 Å². The molecule has 0 aliphatic carbocycles. The maximum absolute atomic E-state index is 13.6. The van der Waals surface area contributed by atoms with E-state index in [0.29, 0.717) is 68.4 Å². The fraction of sp³-hybridized carbons (Fsp3) is 0.592. The van der Waals surface area contributed by atoms with Crippen LogP contribution in [0.15, 0.2) is 24.3 Å². The maximum Gasteiger partial charge on any atom is 0.391 e. The highest BCUT2D eigenvalue weighted by Crippen LogP contribution is 2.42. The summed E-state index contributed by atoms with van der Waals surface area (Å²) in [6, 6.07) is 4.23. The van der Waals surface area contributed by atoms with Gasteiger partial charge in [-0.15, -0.1) is 20.4 Å². The van der Waals surface area contributed by atoms with Gasteiger partial charge in [0.05, 0.1) is 48.5 Å². The van der Waals surface area contributed by atoms with Crippen LogP contribution in [-0.4, -0.2) is 169 Å². The van der Waals surface area contributed by atoms with Crippen LogP contribution in [0.5, 0.6) is 11.8 Å². The number of Topliss-reactive ketones (excluding diaryl/α,β-unsaturated/α-hetero) is 2. The molecule has 4 bridgehead atoms. The first-order valence-corrected chi connectivity index (χ1v) is 25.5. The molecule has 3 fully saturated rings. The number of ether oxygens (including phenoxy) is 4. The third-order valence-electron chi connectivity index (χ3n) is 13.6. The number of amides is 4. The van der Waals surface area contributed by atoms with E-state index in [-0.39, 0.29) is 78.1 Å². The largest absolute Gasteiger partial charge is 0.474 e. The third-order valence-corrected chi connectivity index (χ3v) is 13.6. The highest BCUT2D eigenvalue weighted by atomic mass is 19.4. The van der Waals surface area contributed by atoms with Crippen LogP contribution in [-0.2, 0) is 9.47 Å². The summed E-state index contributed by atoms with van der Waals surface area (Å²) in [5.41, 5.74) is 1.93. The van der Waals surface area contributed by atoms with Crippen molar-refractivity contribution in [1.29, 1.82) is 0 Å². The van der Waals surface area contributed by atoms with Crippen molar-refractivity contribution in [3.05, 3.63) is 47.3 Å². The van der Waals surface area contributed by atoms with Gasteiger partial charge in [-0.1, -0.05) is 13.8 Å². The molecule has 9 heterocycles. The zero-order chi connectivity index (χ0) is 57.1. The van der Waals surface area contributed by atoms with Gasteiger partial charge in [-0.25, -0.2) is 29.5 Å². The smallest absolute Gasteiger partial charge is 0.391 e. The molecule has 6 atom stereocenters. The van der Waals surface area contributed by atoms with Crippen molar-refractivity contribution in [3.63, 3.8) is 0 Å². The van der Waals surface area contributed by atoms with Gasteiger partial charge in [0.2, 0.25) is 23.3 Å². The van der Waals surface area contributed by atoms with Crippen molar-refractivity contribution in [1.82, 2.24) is 40.3 Å². The van der Waals surface area contributed by atoms with E-state index in [1.807, 2.05) is 23.6 Å². The molecule has 0 unspecified atom stereocenters. The molecule has 4 aromatic heterocycles. The Bertz CT molecular complexity index is 2870. The Morgan fingerprint density at radius 1 is 0.722 bits per heavy atom. The minimum Gasteiger partial charge on any atom is -0.474 e. The van der Waals surface area contributed by atoms with Gasteiger partial charge < -0.3 is 39.0 Å². The molecular weight excluding hydrogens is 1060 g/mol. The van der Waals surface area contributed by atoms with Gasteiger partial charge in [-0.2, -0.15) is 26.3 Å². The lowest BCUT2D eigenvalue weighted by Gasteiger charge is -2.46. The molecule has 24 nitrogen and oxygen atoms in total. The molecule has 9 rings (SSSR count). The number of hydrogen-bond acceptors (Lipinski definition) is 20. The number of aromatic nitrogens is 8. The average Bonchev–Trinajstić information content (AvgIpc) is 3.89. The Morgan fingerprint density at radius 3 is 1.57 bits per heavy atom. The zero-order valence-electron chi connectivity index (χ0n) is 44.0. The molecule has 4 N–H and O–H groups in total. The summed E-state index contributed by atoms with van der Waals surface area (Å²) >= 11 is 0. The standard InChI is InChI=1S/C26H32F3N7O5.C23H28F3N7O5/c1-14(26(27,28)29)10-18(37)22-30-15(2)21-23(32-22)36(16-6-5-9-35(21)11-16)24(38)31-19-7-8-20(34-33-19)39-12-17-13-40-25(3,4)41-17;1-12(23(24,25)26)8-16(36)20-27-13(2)19-21(29-20)33(14-4-3-7-32(19)9-14)22(37)28-17-5-6-18(31-30-17)38-11-15(35)10-34/h7-8,14,16-17H,5-6,9-13H2,1-4H3,(H,31,33,38);5-6,12,14-15,34-35H,3-4,7-11H2,1-2H3,(H,28,30,37)/t14-,16-,17+;12-,14-,15-/m00/s1. The Hall–Kier alpha value is -7.18. The van der Waals surface area contributed by atoms with E-state index in [9.17, 15) is 50.6 Å². The highest BCUT2D eigenvalue weighted by Gasteiger charge is 2.44.